The van der Waals surface area contributed by atoms with E-state index in [0.29, 0.717) is 6.04 Å². The fourth-order valence-corrected chi connectivity index (χ4v) is 3.45. The van der Waals surface area contributed by atoms with E-state index in [4.69, 9.17) is 0 Å². The van der Waals surface area contributed by atoms with E-state index in [1.165, 1.54) is 29.8 Å². The van der Waals surface area contributed by atoms with Gasteiger partial charge in [-0.05, 0) is 55.8 Å². The molecule has 1 saturated heterocycles. The lowest BCUT2D eigenvalue weighted by Gasteiger charge is -2.43. The van der Waals surface area contributed by atoms with Gasteiger partial charge < -0.3 is 10.2 Å². The normalized spacial score (nSPS) is 26.9. The number of nitrogens with one attached hydrogen (secondary N) is 1. The van der Waals surface area contributed by atoms with Gasteiger partial charge in [0.15, 0.2) is 0 Å². The topological polar surface area (TPSA) is 15.3 Å². The van der Waals surface area contributed by atoms with Gasteiger partial charge >= 0.3 is 0 Å². The first-order chi connectivity index (χ1) is 9.52. The van der Waals surface area contributed by atoms with Crippen LogP contribution < -0.4 is 10.2 Å². The van der Waals surface area contributed by atoms with Crippen LogP contribution in [-0.4, -0.2) is 19.1 Å². The molecule has 1 heterocycles. The molecule has 1 aromatic rings. The third-order valence-electron chi connectivity index (χ3n) is 4.75. The van der Waals surface area contributed by atoms with Gasteiger partial charge in [0.25, 0.3) is 0 Å². The standard InChI is InChI=1S/C18H30N2/c1-6-19-11-17-7-8-18(15(4)10-17)20-12-13(2)9-14(3)16(20)5/h7-8,10,13-14,16,19H,6,9,11-12H2,1-5H3. The highest BCUT2D eigenvalue weighted by molar-refractivity contribution is 5.55. The molecule has 1 fully saturated rings. The van der Waals surface area contributed by atoms with Gasteiger partial charge in [-0.15, -0.1) is 0 Å². The first-order valence-electron chi connectivity index (χ1n) is 8.09. The lowest BCUT2D eigenvalue weighted by Crippen LogP contribution is -2.46. The summed E-state index contributed by atoms with van der Waals surface area (Å²) in [6, 6.07) is 7.59. The highest BCUT2D eigenvalue weighted by Gasteiger charge is 2.29. The summed E-state index contributed by atoms with van der Waals surface area (Å²) in [5, 5.41) is 3.40. The third kappa shape index (κ3) is 3.35. The summed E-state index contributed by atoms with van der Waals surface area (Å²) in [6.07, 6.45) is 1.36. The molecule has 0 bridgehead atoms. The first-order valence-corrected chi connectivity index (χ1v) is 8.09. The molecule has 1 aliphatic rings. The molecule has 0 radical (unpaired) electrons. The Kier molecular flexibility index (Phi) is 5.09. The minimum Gasteiger partial charge on any atom is -0.368 e. The number of hydrogen-bond acceptors (Lipinski definition) is 2. The van der Waals surface area contributed by atoms with Gasteiger partial charge in [-0.2, -0.15) is 0 Å². The summed E-state index contributed by atoms with van der Waals surface area (Å²) in [4.78, 5) is 2.62. The minimum atomic E-state index is 0.643. The van der Waals surface area contributed by atoms with Crippen LogP contribution >= 0.6 is 0 Å². The third-order valence-corrected chi connectivity index (χ3v) is 4.75. The Hall–Kier alpha value is -1.02. The van der Waals surface area contributed by atoms with E-state index in [1.807, 2.05) is 0 Å². The zero-order valence-corrected chi connectivity index (χ0v) is 13.7. The molecule has 2 nitrogen and oxygen atoms in total. The van der Waals surface area contributed by atoms with Crippen LogP contribution in [-0.2, 0) is 6.54 Å². The fourth-order valence-electron chi connectivity index (χ4n) is 3.45. The highest BCUT2D eigenvalue weighted by Crippen LogP contribution is 2.33. The lowest BCUT2D eigenvalue weighted by molar-refractivity contribution is 0.297. The zero-order chi connectivity index (χ0) is 14.7. The maximum atomic E-state index is 3.40. The van der Waals surface area contributed by atoms with E-state index < -0.39 is 0 Å². The van der Waals surface area contributed by atoms with Crippen LogP contribution in [0.1, 0.15) is 45.2 Å². The summed E-state index contributed by atoms with van der Waals surface area (Å²) >= 11 is 0. The van der Waals surface area contributed by atoms with E-state index in [0.717, 1.165) is 24.9 Å². The average molecular weight is 274 g/mol. The van der Waals surface area contributed by atoms with Gasteiger partial charge in [0.05, 0.1) is 0 Å². The molecule has 1 aromatic carbocycles. The summed E-state index contributed by atoms with van der Waals surface area (Å²) in [7, 11) is 0. The van der Waals surface area contributed by atoms with Gasteiger partial charge in [-0.25, -0.2) is 0 Å². The minimum absolute atomic E-state index is 0.643. The van der Waals surface area contributed by atoms with Crippen LogP contribution in [0.2, 0.25) is 0 Å². The molecule has 1 N–H and O–H groups in total. The monoisotopic (exact) mass is 274 g/mol. The average Bonchev–Trinajstić information content (AvgIpc) is 2.41. The second-order valence-corrected chi connectivity index (χ2v) is 6.61. The van der Waals surface area contributed by atoms with Gasteiger partial charge in [0.1, 0.15) is 0 Å². The molecule has 0 aliphatic carbocycles. The van der Waals surface area contributed by atoms with Crippen LogP contribution in [0.5, 0.6) is 0 Å². The Morgan fingerprint density at radius 3 is 2.65 bits per heavy atom. The van der Waals surface area contributed by atoms with Crippen molar-refractivity contribution < 1.29 is 0 Å². The number of piperidine rings is 1. The Morgan fingerprint density at radius 2 is 2.00 bits per heavy atom. The van der Waals surface area contributed by atoms with Crippen LogP contribution in [0, 0.1) is 18.8 Å². The van der Waals surface area contributed by atoms with E-state index in [-0.39, 0.29) is 0 Å². The van der Waals surface area contributed by atoms with Crippen LogP contribution in [0.3, 0.4) is 0 Å². The Balaban J connectivity index is 2.19. The maximum absolute atomic E-state index is 3.40. The molecule has 3 unspecified atom stereocenters. The molecule has 0 spiro atoms. The molecular formula is C18H30N2. The van der Waals surface area contributed by atoms with Crippen molar-refractivity contribution in [2.75, 3.05) is 18.0 Å². The predicted molar refractivity (Wildman–Crippen MR) is 88.3 cm³/mol. The fraction of sp³-hybridized carbons (Fsp3) is 0.667. The van der Waals surface area contributed by atoms with Gasteiger partial charge in [0, 0.05) is 24.8 Å². The summed E-state index contributed by atoms with van der Waals surface area (Å²) in [6.45, 7) is 14.7. The van der Waals surface area contributed by atoms with E-state index >= 15 is 0 Å². The number of benzene rings is 1. The zero-order valence-electron chi connectivity index (χ0n) is 13.7. The summed E-state index contributed by atoms with van der Waals surface area (Å²) < 4.78 is 0. The molecule has 0 saturated carbocycles. The molecule has 3 atom stereocenters. The second-order valence-electron chi connectivity index (χ2n) is 6.61. The van der Waals surface area contributed by atoms with Crippen molar-refractivity contribution in [3.63, 3.8) is 0 Å². The molecule has 0 aromatic heterocycles. The van der Waals surface area contributed by atoms with Gasteiger partial charge in [0.2, 0.25) is 0 Å². The number of aryl methyl sites for hydroxylation is 1. The Bertz CT molecular complexity index is 441. The predicted octanol–water partition coefficient (Wildman–Crippen LogP) is 3.98. The number of anilines is 1. The van der Waals surface area contributed by atoms with E-state index in [2.05, 4.69) is 63.0 Å². The molecule has 112 valence electrons. The van der Waals surface area contributed by atoms with Gasteiger partial charge in [-0.3, -0.25) is 0 Å². The largest absolute Gasteiger partial charge is 0.368 e. The van der Waals surface area contributed by atoms with Gasteiger partial charge in [-0.1, -0.05) is 32.9 Å². The van der Waals surface area contributed by atoms with Crippen LogP contribution in [0.15, 0.2) is 18.2 Å². The number of hydrogen-bond donors (Lipinski definition) is 1. The van der Waals surface area contributed by atoms with Crippen LogP contribution in [0.25, 0.3) is 0 Å². The second kappa shape index (κ2) is 6.62. The number of nitrogens with zero attached hydrogens (tertiary/aromatic N) is 1. The van der Waals surface area contributed by atoms with Crippen molar-refractivity contribution >= 4 is 5.69 Å². The molecular weight excluding hydrogens is 244 g/mol. The molecule has 2 rings (SSSR count). The van der Waals surface area contributed by atoms with Crippen LogP contribution in [0.4, 0.5) is 5.69 Å². The van der Waals surface area contributed by atoms with Crippen molar-refractivity contribution in [2.45, 2.75) is 53.6 Å². The lowest BCUT2D eigenvalue weighted by atomic mass is 9.85. The highest BCUT2D eigenvalue weighted by atomic mass is 15.2. The van der Waals surface area contributed by atoms with Crippen molar-refractivity contribution in [3.05, 3.63) is 29.3 Å². The maximum Gasteiger partial charge on any atom is 0.0398 e. The van der Waals surface area contributed by atoms with Crippen molar-refractivity contribution in [2.24, 2.45) is 11.8 Å². The Morgan fingerprint density at radius 1 is 1.25 bits per heavy atom. The summed E-state index contributed by atoms with van der Waals surface area (Å²) in [5.41, 5.74) is 4.23. The first kappa shape index (κ1) is 15.4. The Labute approximate surface area is 124 Å². The summed E-state index contributed by atoms with van der Waals surface area (Å²) in [5.74, 6) is 1.57. The van der Waals surface area contributed by atoms with Crippen molar-refractivity contribution in [1.82, 2.24) is 5.32 Å². The smallest absolute Gasteiger partial charge is 0.0398 e. The molecule has 20 heavy (non-hydrogen) atoms. The molecule has 1 aliphatic heterocycles. The SMILES string of the molecule is CCNCc1ccc(N2CC(C)CC(C)C2C)c(C)c1. The van der Waals surface area contributed by atoms with E-state index in [1.54, 1.807) is 0 Å². The molecule has 2 heteroatoms. The van der Waals surface area contributed by atoms with E-state index in [9.17, 15) is 0 Å². The quantitative estimate of drug-likeness (QED) is 0.893. The molecule has 0 amide bonds. The van der Waals surface area contributed by atoms with Crippen molar-refractivity contribution in [3.8, 4) is 0 Å². The van der Waals surface area contributed by atoms with Crippen molar-refractivity contribution in [1.29, 1.82) is 0 Å². The number of rotatable bonds is 4.